The molecule has 0 spiro atoms. The number of non-ortho nitro benzene ring substituents is 1. The molecule has 1 aromatic heterocycles. The van der Waals surface area contributed by atoms with Crippen molar-refractivity contribution < 1.29 is 14.8 Å². The van der Waals surface area contributed by atoms with E-state index in [0.717, 1.165) is 0 Å². The van der Waals surface area contributed by atoms with Crippen LogP contribution in [0.4, 0.5) is 5.69 Å². The summed E-state index contributed by atoms with van der Waals surface area (Å²) in [6.07, 6.45) is 2.97. The van der Waals surface area contributed by atoms with Gasteiger partial charge in [-0.2, -0.15) is 0 Å². The molecule has 7 nitrogen and oxygen atoms in total. The number of nitro groups is 1. The van der Waals surface area contributed by atoms with E-state index in [1.807, 2.05) is 0 Å². The van der Waals surface area contributed by atoms with E-state index in [1.165, 1.54) is 35.2 Å². The number of imidazole rings is 1. The number of hydrogen-bond acceptors (Lipinski definition) is 4. The summed E-state index contributed by atoms with van der Waals surface area (Å²) < 4.78 is 1.42. The summed E-state index contributed by atoms with van der Waals surface area (Å²) in [6, 6.07) is 5.91. The van der Waals surface area contributed by atoms with Gasteiger partial charge >= 0.3 is 5.97 Å². The van der Waals surface area contributed by atoms with Crippen LogP contribution in [0, 0.1) is 10.1 Å². The summed E-state index contributed by atoms with van der Waals surface area (Å²) in [5.41, 5.74) is 0.452. The van der Waals surface area contributed by atoms with Crippen LogP contribution in [-0.4, -0.2) is 25.6 Å². The van der Waals surface area contributed by atoms with Crippen LogP contribution in [0.5, 0.6) is 0 Å². The first-order valence-corrected chi connectivity index (χ1v) is 5.05. The number of nitrogens with zero attached hydrogens (tertiary/aromatic N) is 3. The Morgan fingerprint density at radius 1 is 1.50 bits per heavy atom. The molecule has 1 N–H and O–H groups in total. The third-order valence-corrected chi connectivity index (χ3v) is 2.34. The van der Waals surface area contributed by atoms with Gasteiger partial charge in [-0.25, -0.2) is 4.98 Å². The number of nitro benzene ring substituents is 1. The first-order valence-electron chi connectivity index (χ1n) is 5.05. The van der Waals surface area contributed by atoms with Gasteiger partial charge in [0.1, 0.15) is 12.4 Å². The molecule has 18 heavy (non-hydrogen) atoms. The molecule has 0 aliphatic rings. The zero-order chi connectivity index (χ0) is 13.1. The van der Waals surface area contributed by atoms with E-state index in [-0.39, 0.29) is 12.2 Å². The van der Waals surface area contributed by atoms with Gasteiger partial charge in [-0.1, -0.05) is 12.1 Å². The highest BCUT2D eigenvalue weighted by Crippen LogP contribution is 2.22. The summed E-state index contributed by atoms with van der Waals surface area (Å²) in [6.45, 7) is -0.238. The minimum atomic E-state index is -1.00. The molecule has 0 atom stereocenters. The number of carboxylic acid groups (broad SMARTS) is 1. The van der Waals surface area contributed by atoms with E-state index >= 15 is 0 Å². The molecule has 1 heterocycles. The van der Waals surface area contributed by atoms with Gasteiger partial charge < -0.3 is 9.67 Å². The number of aliphatic carboxylic acids is 1. The smallest absolute Gasteiger partial charge is 0.323 e. The summed E-state index contributed by atoms with van der Waals surface area (Å²) >= 11 is 0. The molecule has 2 rings (SSSR count). The van der Waals surface area contributed by atoms with Crippen molar-refractivity contribution in [2.75, 3.05) is 0 Å². The number of carboxylic acids is 1. The highest BCUT2D eigenvalue weighted by atomic mass is 16.6. The third-order valence-electron chi connectivity index (χ3n) is 2.34. The SMILES string of the molecule is O=C(O)Cn1ccnc1-c1cccc([N+](=O)[O-])c1. The number of rotatable bonds is 4. The molecule has 2 aromatic rings. The maximum Gasteiger partial charge on any atom is 0.323 e. The number of hydrogen-bond donors (Lipinski definition) is 1. The van der Waals surface area contributed by atoms with Crippen LogP contribution in [-0.2, 0) is 11.3 Å². The molecular weight excluding hydrogens is 238 g/mol. The van der Waals surface area contributed by atoms with Crippen LogP contribution in [0.2, 0.25) is 0 Å². The molecule has 92 valence electrons. The molecule has 0 aliphatic carbocycles. The second-order valence-corrected chi connectivity index (χ2v) is 3.58. The second-order valence-electron chi connectivity index (χ2n) is 3.58. The van der Waals surface area contributed by atoms with Crippen molar-refractivity contribution in [2.45, 2.75) is 6.54 Å². The first-order chi connectivity index (χ1) is 8.58. The Morgan fingerprint density at radius 3 is 2.94 bits per heavy atom. The van der Waals surface area contributed by atoms with Gasteiger partial charge in [0.25, 0.3) is 5.69 Å². The average molecular weight is 247 g/mol. The summed E-state index contributed by atoms with van der Waals surface area (Å²) in [4.78, 5) is 24.8. The van der Waals surface area contributed by atoms with Gasteiger partial charge in [-0.05, 0) is 0 Å². The quantitative estimate of drug-likeness (QED) is 0.652. The molecule has 1 aromatic carbocycles. The Hall–Kier alpha value is -2.70. The van der Waals surface area contributed by atoms with E-state index in [9.17, 15) is 14.9 Å². The maximum absolute atomic E-state index is 10.7. The van der Waals surface area contributed by atoms with Crippen molar-refractivity contribution in [1.29, 1.82) is 0 Å². The van der Waals surface area contributed by atoms with Crippen molar-refractivity contribution in [1.82, 2.24) is 9.55 Å². The molecule has 0 saturated carbocycles. The lowest BCUT2D eigenvalue weighted by molar-refractivity contribution is -0.384. The summed E-state index contributed by atoms with van der Waals surface area (Å²) in [7, 11) is 0. The Bertz CT molecular complexity index is 606. The Balaban J connectivity index is 2.42. The lowest BCUT2D eigenvalue weighted by Gasteiger charge is -2.04. The number of carbonyl (C=O) groups is 1. The van der Waals surface area contributed by atoms with E-state index in [2.05, 4.69) is 4.98 Å². The van der Waals surface area contributed by atoms with Gasteiger partial charge in [0, 0.05) is 30.1 Å². The lowest BCUT2D eigenvalue weighted by Crippen LogP contribution is -2.09. The molecular formula is C11H9N3O4. The molecule has 7 heteroatoms. The highest BCUT2D eigenvalue weighted by Gasteiger charge is 2.12. The van der Waals surface area contributed by atoms with Gasteiger partial charge in [0.15, 0.2) is 0 Å². The average Bonchev–Trinajstić information content (AvgIpc) is 2.76. The summed E-state index contributed by atoms with van der Waals surface area (Å²) in [5, 5.41) is 19.4. The fourth-order valence-corrected chi connectivity index (χ4v) is 1.60. The fourth-order valence-electron chi connectivity index (χ4n) is 1.60. The van der Waals surface area contributed by atoms with Crippen LogP contribution in [0.15, 0.2) is 36.7 Å². The number of aromatic nitrogens is 2. The molecule has 0 fully saturated rings. The lowest BCUT2D eigenvalue weighted by atomic mass is 10.2. The van der Waals surface area contributed by atoms with Crippen molar-refractivity contribution >= 4 is 11.7 Å². The minimum Gasteiger partial charge on any atom is -0.480 e. The van der Waals surface area contributed by atoms with Crippen LogP contribution in [0.1, 0.15) is 0 Å². The van der Waals surface area contributed by atoms with Gasteiger partial charge in [0.2, 0.25) is 0 Å². The van der Waals surface area contributed by atoms with Crippen molar-refractivity contribution in [3.63, 3.8) is 0 Å². The molecule has 0 unspecified atom stereocenters. The molecule has 0 radical (unpaired) electrons. The largest absolute Gasteiger partial charge is 0.480 e. The Morgan fingerprint density at radius 2 is 2.28 bits per heavy atom. The van der Waals surface area contributed by atoms with Crippen molar-refractivity contribution in [2.24, 2.45) is 0 Å². The van der Waals surface area contributed by atoms with Crippen molar-refractivity contribution in [3.8, 4) is 11.4 Å². The zero-order valence-electron chi connectivity index (χ0n) is 9.18. The minimum absolute atomic E-state index is 0.0580. The molecule has 0 saturated heterocycles. The fraction of sp³-hybridized carbons (Fsp3) is 0.0909. The van der Waals surface area contributed by atoms with Gasteiger partial charge in [-0.15, -0.1) is 0 Å². The maximum atomic E-state index is 10.7. The van der Waals surface area contributed by atoms with Gasteiger partial charge in [0.05, 0.1) is 4.92 Å². The molecule has 0 amide bonds. The standard InChI is InChI=1S/C11H9N3O4/c15-10(16)7-13-5-4-12-11(13)8-2-1-3-9(6-8)14(17)18/h1-6H,7H2,(H,15,16). The monoisotopic (exact) mass is 247 g/mol. The van der Waals surface area contributed by atoms with E-state index in [4.69, 9.17) is 5.11 Å². The zero-order valence-corrected chi connectivity index (χ0v) is 9.18. The Labute approximate surface area is 101 Å². The van der Waals surface area contributed by atoms with Gasteiger partial charge in [-0.3, -0.25) is 14.9 Å². The molecule has 0 aliphatic heterocycles. The van der Waals surface area contributed by atoms with E-state index in [0.29, 0.717) is 11.4 Å². The predicted octanol–water partition coefficient (Wildman–Crippen LogP) is 1.54. The Kier molecular flexibility index (Phi) is 3.05. The van der Waals surface area contributed by atoms with Crippen LogP contribution >= 0.6 is 0 Å². The van der Waals surface area contributed by atoms with Crippen LogP contribution < -0.4 is 0 Å². The van der Waals surface area contributed by atoms with Crippen molar-refractivity contribution in [3.05, 3.63) is 46.8 Å². The highest BCUT2D eigenvalue weighted by molar-refractivity contribution is 5.68. The van der Waals surface area contributed by atoms with E-state index in [1.54, 1.807) is 6.07 Å². The molecule has 0 bridgehead atoms. The van der Waals surface area contributed by atoms with E-state index < -0.39 is 10.9 Å². The normalized spacial score (nSPS) is 10.2. The predicted molar refractivity (Wildman–Crippen MR) is 62.0 cm³/mol. The second kappa shape index (κ2) is 4.66. The first kappa shape index (κ1) is 11.8. The third kappa shape index (κ3) is 2.34. The summed E-state index contributed by atoms with van der Waals surface area (Å²) in [5.74, 6) is -0.610. The topological polar surface area (TPSA) is 98.3 Å². The van der Waals surface area contributed by atoms with Crippen LogP contribution in [0.25, 0.3) is 11.4 Å². The van der Waals surface area contributed by atoms with Crippen LogP contribution in [0.3, 0.4) is 0 Å². The number of benzene rings is 1.